The minimum Gasteiger partial charge on any atom is -0.309 e. The van der Waals surface area contributed by atoms with E-state index < -0.39 is 0 Å². The van der Waals surface area contributed by atoms with Crippen LogP contribution < -0.4 is 0 Å². The number of nitrogens with one attached hydrogen (secondary N) is 1. The number of benzene rings is 7. The Balaban J connectivity index is 1.39. The van der Waals surface area contributed by atoms with E-state index in [0.717, 1.165) is 77.1 Å². The molecule has 3 aromatic heterocycles. The van der Waals surface area contributed by atoms with Gasteiger partial charge in [-0.1, -0.05) is 91.0 Å². The standard InChI is InChI=1S/C44H27N5/c45-26-28-22-43(48-38-19-9-4-14-31(38)32-15-5-10-20-39(32)48)44(23-29(28)27-46)49-40-21-11-7-17-34(40)36-24-41-35(25-42(36)49)33-16-6-8-18-37(33)47(41)30-12-2-1-3-13-30/h1-25,27,46H. The first-order valence-electron chi connectivity index (χ1n) is 16.3. The van der Waals surface area contributed by atoms with Crippen molar-refractivity contribution in [3.63, 3.8) is 0 Å². The van der Waals surface area contributed by atoms with Gasteiger partial charge in [0.15, 0.2) is 0 Å². The van der Waals surface area contributed by atoms with Crippen LogP contribution in [0.3, 0.4) is 0 Å². The molecule has 0 unspecified atom stereocenters. The monoisotopic (exact) mass is 625 g/mol. The van der Waals surface area contributed by atoms with Gasteiger partial charge in [-0.05, 0) is 60.7 Å². The minimum atomic E-state index is 0.463. The van der Waals surface area contributed by atoms with Crippen molar-refractivity contribution in [1.82, 2.24) is 13.7 Å². The second-order valence-electron chi connectivity index (χ2n) is 12.5. The SMILES string of the molecule is N#Cc1cc(-n2c3ccccc3c3ccccc32)c(-n2c3ccccc3c3cc4c(cc32)c2ccccc2n4-c2ccccc2)cc1C=N. The van der Waals surface area contributed by atoms with Crippen molar-refractivity contribution >= 4 is 71.6 Å². The van der Waals surface area contributed by atoms with E-state index in [9.17, 15) is 5.26 Å². The van der Waals surface area contributed by atoms with Gasteiger partial charge < -0.3 is 19.1 Å². The first-order valence-corrected chi connectivity index (χ1v) is 16.3. The van der Waals surface area contributed by atoms with Crippen molar-refractivity contribution in [2.45, 2.75) is 0 Å². The van der Waals surface area contributed by atoms with Crippen LogP contribution >= 0.6 is 0 Å². The Bertz CT molecular complexity index is 2970. The van der Waals surface area contributed by atoms with Crippen molar-refractivity contribution in [3.8, 4) is 23.1 Å². The number of para-hydroxylation sites is 5. The number of hydrogen-bond acceptors (Lipinski definition) is 2. The molecule has 0 fully saturated rings. The molecule has 1 N–H and O–H groups in total. The predicted molar refractivity (Wildman–Crippen MR) is 202 cm³/mol. The van der Waals surface area contributed by atoms with Crippen molar-refractivity contribution in [3.05, 3.63) is 163 Å². The Morgan fingerprint density at radius 3 is 1.35 bits per heavy atom. The van der Waals surface area contributed by atoms with Gasteiger partial charge in [-0.2, -0.15) is 5.26 Å². The van der Waals surface area contributed by atoms with Gasteiger partial charge in [0, 0.05) is 49.8 Å². The molecule has 0 amide bonds. The molecule has 0 spiro atoms. The third kappa shape index (κ3) is 3.77. The summed E-state index contributed by atoms with van der Waals surface area (Å²) < 4.78 is 6.95. The Kier molecular flexibility index (Phi) is 5.73. The van der Waals surface area contributed by atoms with Crippen molar-refractivity contribution in [1.29, 1.82) is 10.7 Å². The molecule has 0 radical (unpaired) electrons. The van der Waals surface area contributed by atoms with E-state index in [1.165, 1.54) is 11.6 Å². The minimum absolute atomic E-state index is 0.463. The second-order valence-corrected chi connectivity index (χ2v) is 12.5. The molecule has 0 bridgehead atoms. The van der Waals surface area contributed by atoms with Crippen molar-refractivity contribution < 1.29 is 0 Å². The Hall–Kier alpha value is -6.90. The smallest absolute Gasteiger partial charge is 0.0999 e. The zero-order valence-corrected chi connectivity index (χ0v) is 26.3. The van der Waals surface area contributed by atoms with Crippen LogP contribution in [0, 0.1) is 16.7 Å². The summed E-state index contributed by atoms with van der Waals surface area (Å²) in [6.07, 6.45) is 1.29. The largest absolute Gasteiger partial charge is 0.309 e. The first-order chi connectivity index (χ1) is 24.2. The van der Waals surface area contributed by atoms with Gasteiger partial charge in [0.25, 0.3) is 0 Å². The summed E-state index contributed by atoms with van der Waals surface area (Å²) in [6.45, 7) is 0. The third-order valence-electron chi connectivity index (χ3n) is 9.97. The van der Waals surface area contributed by atoms with Gasteiger partial charge in [-0.3, -0.25) is 0 Å². The lowest BCUT2D eigenvalue weighted by molar-refractivity contribution is 1.09. The van der Waals surface area contributed by atoms with Crippen LogP contribution in [0.5, 0.6) is 0 Å². The fraction of sp³-hybridized carbons (Fsp3) is 0. The molecular formula is C44H27N5. The lowest BCUT2D eigenvalue weighted by atomic mass is 10.1. The number of hydrogen-bond donors (Lipinski definition) is 1. The maximum atomic E-state index is 10.3. The van der Waals surface area contributed by atoms with E-state index >= 15 is 0 Å². The molecule has 5 heteroatoms. The van der Waals surface area contributed by atoms with E-state index in [1.54, 1.807) is 0 Å². The zero-order chi connectivity index (χ0) is 32.6. The van der Waals surface area contributed by atoms with E-state index in [-0.39, 0.29) is 0 Å². The molecule has 0 aliphatic rings. The lowest BCUT2D eigenvalue weighted by Crippen LogP contribution is -2.06. The predicted octanol–water partition coefficient (Wildman–Crippen LogP) is 10.8. The van der Waals surface area contributed by atoms with Crippen LogP contribution in [-0.2, 0) is 0 Å². The summed E-state index contributed by atoms with van der Waals surface area (Å²) in [5, 5.41) is 25.6. The number of rotatable bonds is 4. The van der Waals surface area contributed by atoms with Crippen molar-refractivity contribution in [2.24, 2.45) is 0 Å². The fourth-order valence-electron chi connectivity index (χ4n) is 7.89. The molecule has 0 saturated carbocycles. The molecular weight excluding hydrogens is 599 g/mol. The maximum absolute atomic E-state index is 10.3. The lowest BCUT2D eigenvalue weighted by Gasteiger charge is -2.18. The van der Waals surface area contributed by atoms with Gasteiger partial charge in [-0.15, -0.1) is 0 Å². The van der Waals surface area contributed by atoms with Crippen LogP contribution in [0.4, 0.5) is 0 Å². The summed E-state index contributed by atoms with van der Waals surface area (Å²) in [7, 11) is 0. The van der Waals surface area contributed by atoms with Crippen LogP contribution in [0.25, 0.3) is 82.5 Å². The molecule has 0 aliphatic heterocycles. The van der Waals surface area contributed by atoms with Crippen LogP contribution in [0.1, 0.15) is 11.1 Å². The van der Waals surface area contributed by atoms with Gasteiger partial charge in [-0.25, -0.2) is 0 Å². The summed E-state index contributed by atoms with van der Waals surface area (Å²) in [5.41, 5.74) is 10.5. The highest BCUT2D eigenvalue weighted by molar-refractivity contribution is 6.19. The zero-order valence-electron chi connectivity index (χ0n) is 26.3. The highest BCUT2D eigenvalue weighted by atomic mass is 15.1. The second kappa shape index (κ2) is 10.3. The third-order valence-corrected chi connectivity index (χ3v) is 9.97. The van der Waals surface area contributed by atoms with E-state index in [0.29, 0.717) is 11.1 Å². The molecule has 3 heterocycles. The molecule has 10 rings (SSSR count). The molecule has 5 nitrogen and oxygen atoms in total. The maximum Gasteiger partial charge on any atom is 0.0999 e. The summed E-state index contributed by atoms with van der Waals surface area (Å²) >= 11 is 0. The number of nitrogens with zero attached hydrogens (tertiary/aromatic N) is 4. The first kappa shape index (κ1) is 27.2. The molecule has 10 aromatic rings. The molecule has 49 heavy (non-hydrogen) atoms. The van der Waals surface area contributed by atoms with Crippen LogP contribution in [0.2, 0.25) is 0 Å². The average Bonchev–Trinajstić information content (AvgIpc) is 3.79. The van der Waals surface area contributed by atoms with Gasteiger partial charge in [0.2, 0.25) is 0 Å². The summed E-state index contributed by atoms with van der Waals surface area (Å²) in [4.78, 5) is 0. The Morgan fingerprint density at radius 2 is 0.837 bits per heavy atom. The molecule has 0 atom stereocenters. The topological polar surface area (TPSA) is 62.4 Å². The van der Waals surface area contributed by atoms with Gasteiger partial charge in [0.1, 0.15) is 0 Å². The van der Waals surface area contributed by atoms with E-state index in [4.69, 9.17) is 5.41 Å². The molecule has 7 aromatic carbocycles. The fourth-order valence-corrected chi connectivity index (χ4v) is 7.89. The van der Waals surface area contributed by atoms with E-state index in [2.05, 4.69) is 159 Å². The normalized spacial score (nSPS) is 11.7. The summed E-state index contributed by atoms with van der Waals surface area (Å²) in [5.74, 6) is 0. The Morgan fingerprint density at radius 1 is 0.429 bits per heavy atom. The highest BCUT2D eigenvalue weighted by Crippen LogP contribution is 2.42. The van der Waals surface area contributed by atoms with Crippen LogP contribution in [0.15, 0.2) is 152 Å². The molecule has 0 aliphatic carbocycles. The molecule has 228 valence electrons. The summed E-state index contributed by atoms with van der Waals surface area (Å²) in [6, 6.07) is 55.5. The average molecular weight is 626 g/mol. The number of nitriles is 1. The quantitative estimate of drug-likeness (QED) is 0.194. The molecule has 0 saturated heterocycles. The van der Waals surface area contributed by atoms with Gasteiger partial charge in [0.05, 0.1) is 56.1 Å². The van der Waals surface area contributed by atoms with Gasteiger partial charge >= 0.3 is 0 Å². The number of aromatic nitrogens is 3. The van der Waals surface area contributed by atoms with Crippen LogP contribution in [-0.4, -0.2) is 19.9 Å². The van der Waals surface area contributed by atoms with Crippen molar-refractivity contribution in [2.75, 3.05) is 0 Å². The number of fused-ring (bicyclic) bond motifs is 9. The van der Waals surface area contributed by atoms with E-state index in [1.807, 2.05) is 12.1 Å². The highest BCUT2D eigenvalue weighted by Gasteiger charge is 2.23. The Labute approximate surface area is 281 Å².